The highest BCUT2D eigenvalue weighted by atomic mass is 16.5. The highest BCUT2D eigenvalue weighted by Crippen LogP contribution is 2.28. The van der Waals surface area contributed by atoms with Crippen LogP contribution in [0.2, 0.25) is 0 Å². The highest BCUT2D eigenvalue weighted by Gasteiger charge is 2.33. The molecule has 2 fully saturated rings. The Balaban J connectivity index is 1.19. The van der Waals surface area contributed by atoms with Crippen LogP contribution < -0.4 is 10.6 Å². The molecule has 2 N–H and O–H groups in total. The van der Waals surface area contributed by atoms with Crippen LogP contribution in [0.4, 0.5) is 4.79 Å². The average Bonchev–Trinajstić information content (AvgIpc) is 3.35. The van der Waals surface area contributed by atoms with Gasteiger partial charge in [0.05, 0.1) is 5.69 Å². The summed E-state index contributed by atoms with van der Waals surface area (Å²) in [6, 6.07) is 7.61. The zero-order chi connectivity index (χ0) is 19.3. The molecular weight excluding hydrogens is 356 g/mol. The number of rotatable bonds is 5. The number of nitrogens with one attached hydrogen (secondary N) is 2. The van der Waals surface area contributed by atoms with E-state index >= 15 is 0 Å². The molecule has 2 aromatic rings. The summed E-state index contributed by atoms with van der Waals surface area (Å²) in [7, 11) is 0. The second-order valence-electron chi connectivity index (χ2n) is 7.87. The molecule has 0 spiro atoms. The number of hydrogen-bond donors (Lipinski definition) is 2. The summed E-state index contributed by atoms with van der Waals surface area (Å²) >= 11 is 0. The molecule has 2 atom stereocenters. The Morgan fingerprint density at radius 1 is 1.14 bits per heavy atom. The lowest BCUT2D eigenvalue weighted by Gasteiger charge is -2.29. The van der Waals surface area contributed by atoms with Crippen molar-refractivity contribution in [1.82, 2.24) is 20.7 Å². The fraction of sp³-hybridized carbons (Fsp3) is 0.571. The number of hydrogen-bond acceptors (Lipinski definition) is 4. The molecule has 7 heteroatoms. The number of piperidine rings is 1. The molecule has 0 unspecified atom stereocenters. The fourth-order valence-corrected chi connectivity index (χ4v) is 4.36. The van der Waals surface area contributed by atoms with Crippen molar-refractivity contribution >= 4 is 22.9 Å². The third kappa shape index (κ3) is 4.29. The fourth-order valence-electron chi connectivity index (χ4n) is 4.36. The summed E-state index contributed by atoms with van der Waals surface area (Å²) in [5, 5.41) is 11.0. The molecule has 0 bridgehead atoms. The molecule has 1 aromatic heterocycles. The average molecular weight is 384 g/mol. The van der Waals surface area contributed by atoms with Gasteiger partial charge >= 0.3 is 6.03 Å². The van der Waals surface area contributed by atoms with Crippen LogP contribution in [0, 0.1) is 5.92 Å². The van der Waals surface area contributed by atoms with Gasteiger partial charge in [-0.05, 0) is 50.7 Å². The van der Waals surface area contributed by atoms with Crippen LogP contribution in [0.5, 0.6) is 0 Å². The molecule has 1 saturated carbocycles. The molecule has 2 heterocycles. The summed E-state index contributed by atoms with van der Waals surface area (Å²) in [5.74, 6) is 0.340. The van der Waals surface area contributed by atoms with E-state index in [0.717, 1.165) is 61.9 Å². The summed E-state index contributed by atoms with van der Waals surface area (Å²) in [4.78, 5) is 26.8. The van der Waals surface area contributed by atoms with Gasteiger partial charge in [-0.3, -0.25) is 4.79 Å². The first-order valence-corrected chi connectivity index (χ1v) is 10.4. The van der Waals surface area contributed by atoms with Crippen molar-refractivity contribution in [2.75, 3.05) is 19.6 Å². The molecule has 7 nitrogen and oxygen atoms in total. The third-order valence-corrected chi connectivity index (χ3v) is 5.88. The van der Waals surface area contributed by atoms with Crippen molar-refractivity contribution in [3.63, 3.8) is 0 Å². The van der Waals surface area contributed by atoms with E-state index in [1.54, 1.807) is 0 Å². The van der Waals surface area contributed by atoms with Gasteiger partial charge in [-0.1, -0.05) is 17.3 Å². The standard InChI is InChI=1S/C21H28N4O3/c26-20(25-12-4-1-5-13-25)15-8-9-16(14-15)23-21(27)22-11-10-18-17-6-2-3-7-19(17)28-24-18/h2-3,6-7,15-16H,1,4-5,8-14H2,(H2,22,23,27)/t15-,16+/m1/s1. The molecule has 1 aliphatic carbocycles. The van der Waals surface area contributed by atoms with E-state index in [1.165, 1.54) is 6.42 Å². The summed E-state index contributed by atoms with van der Waals surface area (Å²) in [6.07, 6.45) is 6.55. The van der Waals surface area contributed by atoms with Crippen molar-refractivity contribution in [2.45, 2.75) is 51.0 Å². The van der Waals surface area contributed by atoms with Gasteiger partial charge < -0.3 is 20.1 Å². The van der Waals surface area contributed by atoms with Crippen LogP contribution in [-0.4, -0.2) is 47.7 Å². The minimum atomic E-state index is -0.177. The number of para-hydroxylation sites is 1. The predicted molar refractivity (Wildman–Crippen MR) is 106 cm³/mol. The maximum Gasteiger partial charge on any atom is 0.315 e. The number of carbonyl (C=O) groups excluding carboxylic acids is 2. The second-order valence-corrected chi connectivity index (χ2v) is 7.87. The Morgan fingerprint density at radius 3 is 2.82 bits per heavy atom. The lowest BCUT2D eigenvalue weighted by Crippen LogP contribution is -2.43. The normalized spacial score (nSPS) is 22.4. The first-order valence-electron chi connectivity index (χ1n) is 10.4. The van der Waals surface area contributed by atoms with Crippen LogP contribution in [0.25, 0.3) is 11.0 Å². The van der Waals surface area contributed by atoms with E-state index < -0.39 is 0 Å². The van der Waals surface area contributed by atoms with E-state index in [0.29, 0.717) is 13.0 Å². The van der Waals surface area contributed by atoms with Crippen LogP contribution >= 0.6 is 0 Å². The smallest absolute Gasteiger partial charge is 0.315 e. The summed E-state index contributed by atoms with van der Waals surface area (Å²) < 4.78 is 5.28. The van der Waals surface area contributed by atoms with E-state index in [9.17, 15) is 9.59 Å². The van der Waals surface area contributed by atoms with Crippen LogP contribution in [0.1, 0.15) is 44.2 Å². The maximum absolute atomic E-state index is 12.6. The third-order valence-electron chi connectivity index (χ3n) is 5.88. The molecule has 150 valence electrons. The zero-order valence-corrected chi connectivity index (χ0v) is 16.2. The van der Waals surface area contributed by atoms with Crippen LogP contribution in [0.3, 0.4) is 0 Å². The maximum atomic E-state index is 12.6. The number of carbonyl (C=O) groups is 2. The second kappa shape index (κ2) is 8.63. The Labute approximate surface area is 164 Å². The lowest BCUT2D eigenvalue weighted by atomic mass is 10.0. The molecule has 4 rings (SSSR count). The molecule has 0 radical (unpaired) electrons. The van der Waals surface area contributed by atoms with Gasteiger partial charge in [-0.2, -0.15) is 0 Å². The van der Waals surface area contributed by atoms with Gasteiger partial charge in [-0.25, -0.2) is 4.79 Å². The number of nitrogens with zero attached hydrogens (tertiary/aromatic N) is 2. The first-order chi connectivity index (χ1) is 13.7. The van der Waals surface area contributed by atoms with Gasteiger partial charge in [0.2, 0.25) is 5.91 Å². The van der Waals surface area contributed by atoms with Gasteiger partial charge in [0.25, 0.3) is 0 Å². The molecule has 1 aliphatic heterocycles. The van der Waals surface area contributed by atoms with Gasteiger partial charge in [0, 0.05) is 43.4 Å². The van der Waals surface area contributed by atoms with E-state index in [1.807, 2.05) is 29.2 Å². The SMILES string of the molecule is O=C(NCCc1noc2ccccc12)N[C@H]1CC[C@@H](C(=O)N2CCCCC2)C1. The number of benzene rings is 1. The highest BCUT2D eigenvalue weighted by molar-refractivity contribution is 5.80. The van der Waals surface area contributed by atoms with Crippen molar-refractivity contribution in [1.29, 1.82) is 0 Å². The number of fused-ring (bicyclic) bond motifs is 1. The van der Waals surface area contributed by atoms with E-state index in [-0.39, 0.29) is 23.9 Å². The van der Waals surface area contributed by atoms with Gasteiger partial charge in [0.1, 0.15) is 0 Å². The Kier molecular flexibility index (Phi) is 5.78. The summed E-state index contributed by atoms with van der Waals surface area (Å²) in [5.41, 5.74) is 1.61. The number of likely N-dealkylation sites (tertiary alicyclic amines) is 1. The van der Waals surface area contributed by atoms with Crippen molar-refractivity contribution in [3.8, 4) is 0 Å². The number of urea groups is 1. The molecule has 1 saturated heterocycles. The number of aromatic nitrogens is 1. The Bertz CT molecular complexity index is 828. The summed E-state index contributed by atoms with van der Waals surface area (Å²) in [6.45, 7) is 2.28. The number of amides is 3. The van der Waals surface area contributed by atoms with E-state index in [4.69, 9.17) is 4.52 Å². The van der Waals surface area contributed by atoms with Crippen molar-refractivity contribution in [3.05, 3.63) is 30.0 Å². The predicted octanol–water partition coefficient (Wildman–Crippen LogP) is 2.85. The molecule has 28 heavy (non-hydrogen) atoms. The van der Waals surface area contributed by atoms with Gasteiger partial charge in [-0.15, -0.1) is 0 Å². The van der Waals surface area contributed by atoms with Crippen molar-refractivity contribution in [2.24, 2.45) is 5.92 Å². The minimum absolute atomic E-state index is 0.0601. The van der Waals surface area contributed by atoms with Crippen molar-refractivity contribution < 1.29 is 14.1 Å². The first kappa shape index (κ1) is 18.8. The van der Waals surface area contributed by atoms with E-state index in [2.05, 4.69) is 15.8 Å². The Hall–Kier alpha value is -2.57. The molecule has 2 aliphatic rings. The molecule has 3 amide bonds. The largest absolute Gasteiger partial charge is 0.356 e. The van der Waals surface area contributed by atoms with Crippen LogP contribution in [-0.2, 0) is 11.2 Å². The molecular formula is C21H28N4O3. The lowest BCUT2D eigenvalue weighted by molar-refractivity contribution is -0.136. The van der Waals surface area contributed by atoms with Gasteiger partial charge in [0.15, 0.2) is 5.58 Å². The van der Waals surface area contributed by atoms with Crippen LogP contribution in [0.15, 0.2) is 28.8 Å². The minimum Gasteiger partial charge on any atom is -0.356 e. The quantitative estimate of drug-likeness (QED) is 0.830. The Morgan fingerprint density at radius 2 is 1.96 bits per heavy atom. The topological polar surface area (TPSA) is 87.5 Å². The monoisotopic (exact) mass is 384 g/mol. The molecule has 1 aromatic carbocycles. The zero-order valence-electron chi connectivity index (χ0n) is 16.2.